The second kappa shape index (κ2) is 13.1. The number of benzene rings is 2. The maximum absolute atomic E-state index is 13.3. The molecule has 4 amide bonds. The van der Waals surface area contributed by atoms with Gasteiger partial charge >= 0.3 is 6.03 Å². The van der Waals surface area contributed by atoms with Crippen molar-refractivity contribution in [1.29, 1.82) is 5.26 Å². The van der Waals surface area contributed by atoms with Gasteiger partial charge in [0.25, 0.3) is 5.91 Å². The average Bonchev–Trinajstić information content (AvgIpc) is 3.07. The first-order valence-corrected chi connectivity index (χ1v) is 16.4. The summed E-state index contributed by atoms with van der Waals surface area (Å²) in [5, 5.41) is 23.8. The van der Waals surface area contributed by atoms with Crippen LogP contribution in [-0.2, 0) is 11.3 Å². The maximum atomic E-state index is 13.3. The van der Waals surface area contributed by atoms with Crippen molar-refractivity contribution in [3.63, 3.8) is 0 Å². The Bertz CT molecular complexity index is 1750. The van der Waals surface area contributed by atoms with Gasteiger partial charge in [0.1, 0.15) is 17.9 Å². The Hall–Kier alpha value is -4.73. The van der Waals surface area contributed by atoms with Crippen LogP contribution in [0.3, 0.4) is 0 Å². The highest BCUT2D eigenvalue weighted by Gasteiger charge is 2.64. The van der Waals surface area contributed by atoms with Gasteiger partial charge in [-0.2, -0.15) is 5.26 Å². The molecular formula is C35H39ClN8O4. The third kappa shape index (κ3) is 6.40. The predicted octanol–water partition coefficient (Wildman–Crippen LogP) is 4.38. The highest BCUT2D eigenvalue weighted by Crippen LogP contribution is 2.55. The molecular weight excluding hydrogens is 632 g/mol. The van der Waals surface area contributed by atoms with Gasteiger partial charge in [-0.15, -0.1) is 10.2 Å². The van der Waals surface area contributed by atoms with Gasteiger partial charge in [-0.1, -0.05) is 57.5 Å². The standard InChI is InChI=1S/C35H39ClN8O4/c1-34(2)31(35(3,4)32(34)48-24-10-9-22(20-37)25(36)19-24)39-30(46)26-11-12-28(41-40-26)43-17-15-42(16-18-43)21-23-7-5-6-8-27(23)44-14-13-29(45)38-33(44)47/h5-12,19,31-32H,13-18,21H2,1-4H3,(H,39,46)(H,38,45,47). The zero-order valence-corrected chi connectivity index (χ0v) is 28.3. The van der Waals surface area contributed by atoms with Gasteiger partial charge in [-0.25, -0.2) is 4.79 Å². The lowest BCUT2D eigenvalue weighted by atomic mass is 9.49. The molecule has 1 saturated carbocycles. The van der Waals surface area contributed by atoms with Gasteiger partial charge in [0.15, 0.2) is 11.5 Å². The number of nitrogens with one attached hydrogen (secondary N) is 2. The van der Waals surface area contributed by atoms with Crippen molar-refractivity contribution in [2.45, 2.75) is 52.8 Å². The molecule has 13 heteroatoms. The number of carbonyl (C=O) groups is 3. The van der Waals surface area contributed by atoms with Gasteiger partial charge in [-0.05, 0) is 35.9 Å². The van der Waals surface area contributed by atoms with Crippen molar-refractivity contribution in [2.75, 3.05) is 42.5 Å². The number of nitriles is 1. The number of anilines is 2. The molecule has 2 saturated heterocycles. The monoisotopic (exact) mass is 670 g/mol. The van der Waals surface area contributed by atoms with Gasteiger partial charge in [-0.3, -0.25) is 24.7 Å². The average molecular weight is 671 g/mol. The summed E-state index contributed by atoms with van der Waals surface area (Å²) in [6, 6.07) is 17.8. The van der Waals surface area contributed by atoms with E-state index in [0.29, 0.717) is 35.2 Å². The van der Waals surface area contributed by atoms with Crippen molar-refractivity contribution in [1.82, 2.24) is 25.7 Å². The first kappa shape index (κ1) is 33.2. The van der Waals surface area contributed by atoms with Crippen LogP contribution in [0.25, 0.3) is 0 Å². The summed E-state index contributed by atoms with van der Waals surface area (Å²) < 4.78 is 6.33. The fourth-order valence-electron chi connectivity index (χ4n) is 7.49. The normalized spacial score (nSPS) is 21.9. The van der Waals surface area contributed by atoms with E-state index in [0.717, 1.165) is 37.4 Å². The van der Waals surface area contributed by atoms with Gasteiger partial charge in [0, 0.05) is 74.3 Å². The number of rotatable bonds is 8. The molecule has 2 aliphatic heterocycles. The number of para-hydroxylation sites is 1. The Morgan fingerprint density at radius 2 is 1.75 bits per heavy atom. The third-order valence-electron chi connectivity index (χ3n) is 9.74. The minimum Gasteiger partial charge on any atom is -0.489 e. The minimum absolute atomic E-state index is 0.192. The lowest BCUT2D eigenvalue weighted by Crippen LogP contribution is -2.74. The van der Waals surface area contributed by atoms with Gasteiger partial charge in [0.2, 0.25) is 5.91 Å². The van der Waals surface area contributed by atoms with E-state index >= 15 is 0 Å². The summed E-state index contributed by atoms with van der Waals surface area (Å²) in [7, 11) is 0. The Morgan fingerprint density at radius 1 is 1.02 bits per heavy atom. The molecule has 0 atom stereocenters. The van der Waals surface area contributed by atoms with E-state index in [1.165, 1.54) is 0 Å². The van der Waals surface area contributed by atoms with Crippen LogP contribution in [0.4, 0.5) is 16.3 Å². The largest absolute Gasteiger partial charge is 0.489 e. The highest BCUT2D eigenvalue weighted by atomic mass is 35.5. The lowest BCUT2D eigenvalue weighted by molar-refractivity contribution is -0.164. The van der Waals surface area contributed by atoms with Crippen LogP contribution in [0.1, 0.15) is 55.7 Å². The molecule has 3 fully saturated rings. The van der Waals surface area contributed by atoms with Crippen LogP contribution in [0.15, 0.2) is 54.6 Å². The Labute approximate surface area is 285 Å². The summed E-state index contributed by atoms with van der Waals surface area (Å²) in [6.45, 7) is 12.3. The maximum Gasteiger partial charge on any atom is 0.328 e. The Kier molecular flexibility index (Phi) is 9.02. The molecule has 0 radical (unpaired) electrons. The molecule has 2 N–H and O–H groups in total. The van der Waals surface area contributed by atoms with Gasteiger partial charge < -0.3 is 15.0 Å². The molecule has 3 aromatic rings. The van der Waals surface area contributed by atoms with E-state index in [2.05, 4.69) is 64.4 Å². The van der Waals surface area contributed by atoms with E-state index < -0.39 is 10.8 Å². The molecule has 3 aliphatic rings. The first-order chi connectivity index (χ1) is 22.9. The van der Waals surface area contributed by atoms with E-state index in [9.17, 15) is 19.6 Å². The number of amides is 4. The third-order valence-corrected chi connectivity index (χ3v) is 10.1. The molecule has 6 rings (SSSR count). The molecule has 3 heterocycles. The topological polar surface area (TPSA) is 144 Å². The molecule has 0 unspecified atom stereocenters. The van der Waals surface area contributed by atoms with Crippen LogP contribution in [0.2, 0.25) is 5.02 Å². The lowest BCUT2D eigenvalue weighted by Gasteiger charge is -2.63. The van der Waals surface area contributed by atoms with Crippen LogP contribution in [-0.4, -0.2) is 77.8 Å². The summed E-state index contributed by atoms with van der Waals surface area (Å²) in [5.41, 5.74) is 1.68. The number of aromatic nitrogens is 2. The molecule has 2 aromatic carbocycles. The smallest absolute Gasteiger partial charge is 0.328 e. The molecule has 1 aromatic heterocycles. The number of nitrogens with zero attached hydrogens (tertiary/aromatic N) is 6. The number of halogens is 1. The molecule has 1 aliphatic carbocycles. The second-order valence-electron chi connectivity index (χ2n) is 13.7. The summed E-state index contributed by atoms with van der Waals surface area (Å²) in [6.07, 6.45) is 0.0679. The van der Waals surface area contributed by atoms with Crippen molar-refractivity contribution in [3.8, 4) is 11.8 Å². The summed E-state index contributed by atoms with van der Waals surface area (Å²) in [4.78, 5) is 43.5. The molecule has 0 bridgehead atoms. The zero-order valence-electron chi connectivity index (χ0n) is 27.5. The summed E-state index contributed by atoms with van der Waals surface area (Å²) in [5.74, 6) is 0.738. The van der Waals surface area contributed by atoms with Crippen molar-refractivity contribution < 1.29 is 19.1 Å². The zero-order chi connectivity index (χ0) is 34.2. The highest BCUT2D eigenvalue weighted by molar-refractivity contribution is 6.31. The minimum atomic E-state index is -0.396. The van der Waals surface area contributed by atoms with Crippen LogP contribution in [0, 0.1) is 22.2 Å². The predicted molar refractivity (Wildman–Crippen MR) is 181 cm³/mol. The molecule has 0 spiro atoms. The fourth-order valence-corrected chi connectivity index (χ4v) is 7.71. The number of ether oxygens (including phenoxy) is 1. The van der Waals surface area contributed by atoms with Crippen LogP contribution >= 0.6 is 11.6 Å². The number of urea groups is 1. The van der Waals surface area contributed by atoms with Crippen molar-refractivity contribution >= 4 is 41.0 Å². The number of imide groups is 1. The SMILES string of the molecule is CC1(C)C(NC(=O)c2ccc(N3CCN(Cc4ccccc4N4CCC(=O)NC4=O)CC3)nn2)C(C)(C)C1Oc1ccc(C#N)c(Cl)c1. The van der Waals surface area contributed by atoms with Crippen LogP contribution in [0.5, 0.6) is 5.75 Å². The van der Waals surface area contributed by atoms with Gasteiger partial charge in [0.05, 0.1) is 10.6 Å². The molecule has 48 heavy (non-hydrogen) atoms. The first-order valence-electron chi connectivity index (χ1n) is 16.1. The number of hydrogen-bond acceptors (Lipinski definition) is 9. The second-order valence-corrected chi connectivity index (χ2v) is 14.1. The van der Waals surface area contributed by atoms with Crippen LogP contribution < -0.4 is 25.2 Å². The number of piperazine rings is 1. The van der Waals surface area contributed by atoms with Crippen molar-refractivity contribution in [2.24, 2.45) is 10.8 Å². The molecule has 12 nitrogen and oxygen atoms in total. The summed E-state index contributed by atoms with van der Waals surface area (Å²) >= 11 is 6.22. The Morgan fingerprint density at radius 3 is 2.40 bits per heavy atom. The quantitative estimate of drug-likeness (QED) is 0.357. The van der Waals surface area contributed by atoms with E-state index in [4.69, 9.17) is 16.3 Å². The number of carbonyl (C=O) groups excluding carboxylic acids is 3. The Balaban J connectivity index is 1.03. The fraction of sp³-hybridized carbons (Fsp3) is 0.429. The van der Waals surface area contributed by atoms with E-state index in [1.807, 2.05) is 30.3 Å². The van der Waals surface area contributed by atoms with E-state index in [1.54, 1.807) is 29.2 Å². The number of hydrogen-bond donors (Lipinski definition) is 2. The van der Waals surface area contributed by atoms with Crippen molar-refractivity contribution in [3.05, 3.63) is 76.4 Å². The molecule has 250 valence electrons. The van der Waals surface area contributed by atoms with E-state index in [-0.39, 0.29) is 42.1 Å².